The van der Waals surface area contributed by atoms with Gasteiger partial charge in [0.15, 0.2) is 0 Å². The third kappa shape index (κ3) is 7.65. The SMILES string of the molecule is CC1(C)CC(OC(=O)c2cc(C3CCC4CC(C(=O)OC5CC(C)(C)NC(C)(C)C5)CCC4C3)cc3ccccc23)CC(C)(C)N1. The molecule has 2 aromatic rings. The number of piperidine rings is 2. The van der Waals surface area contributed by atoms with Crippen LogP contribution in [-0.4, -0.2) is 46.3 Å². The first-order valence-corrected chi connectivity index (χ1v) is 18.0. The molecular formula is C40H58N2O4. The summed E-state index contributed by atoms with van der Waals surface area (Å²) in [4.78, 5) is 27.2. The van der Waals surface area contributed by atoms with E-state index in [1.54, 1.807) is 0 Å². The molecular weight excluding hydrogens is 572 g/mol. The number of esters is 2. The zero-order chi connectivity index (χ0) is 33.1. The van der Waals surface area contributed by atoms with Gasteiger partial charge in [0.1, 0.15) is 12.2 Å². The van der Waals surface area contributed by atoms with Gasteiger partial charge in [-0.15, -0.1) is 0 Å². The molecule has 2 aliphatic carbocycles. The lowest BCUT2D eigenvalue weighted by Gasteiger charge is -2.46. The number of carbonyl (C=O) groups excluding carboxylic acids is 2. The Labute approximate surface area is 277 Å². The van der Waals surface area contributed by atoms with Crippen LogP contribution in [0.4, 0.5) is 0 Å². The second-order valence-corrected chi connectivity index (χ2v) is 18.0. The molecule has 4 aliphatic rings. The number of rotatable bonds is 5. The summed E-state index contributed by atoms with van der Waals surface area (Å²) in [5, 5.41) is 9.46. The minimum Gasteiger partial charge on any atom is -0.462 e. The van der Waals surface area contributed by atoms with Crippen LogP contribution >= 0.6 is 0 Å². The quantitative estimate of drug-likeness (QED) is 0.323. The zero-order valence-corrected chi connectivity index (χ0v) is 29.6. The van der Waals surface area contributed by atoms with E-state index in [9.17, 15) is 9.59 Å². The summed E-state index contributed by atoms with van der Waals surface area (Å²) in [6.45, 7) is 17.6. The van der Waals surface area contributed by atoms with E-state index >= 15 is 0 Å². The molecule has 6 heteroatoms. The van der Waals surface area contributed by atoms with E-state index in [0.29, 0.717) is 23.3 Å². The van der Waals surface area contributed by atoms with Gasteiger partial charge in [0.25, 0.3) is 0 Å². The number of nitrogens with one attached hydrogen (secondary N) is 2. The van der Waals surface area contributed by atoms with Crippen LogP contribution in [0.25, 0.3) is 10.8 Å². The summed E-state index contributed by atoms with van der Waals surface area (Å²) in [6, 6.07) is 12.7. The average Bonchev–Trinajstić information content (AvgIpc) is 2.92. The molecule has 252 valence electrons. The predicted molar refractivity (Wildman–Crippen MR) is 185 cm³/mol. The van der Waals surface area contributed by atoms with Gasteiger partial charge in [0.05, 0.1) is 11.5 Å². The van der Waals surface area contributed by atoms with E-state index in [1.807, 2.05) is 6.07 Å². The van der Waals surface area contributed by atoms with Crippen molar-refractivity contribution < 1.29 is 19.1 Å². The molecule has 2 aromatic carbocycles. The number of hydrogen-bond donors (Lipinski definition) is 2. The molecule has 46 heavy (non-hydrogen) atoms. The highest BCUT2D eigenvalue weighted by Gasteiger charge is 2.43. The van der Waals surface area contributed by atoms with Crippen LogP contribution in [0, 0.1) is 17.8 Å². The highest BCUT2D eigenvalue weighted by Crippen LogP contribution is 2.48. The maximum absolute atomic E-state index is 13.8. The second-order valence-electron chi connectivity index (χ2n) is 18.0. The van der Waals surface area contributed by atoms with Crippen molar-refractivity contribution in [3.63, 3.8) is 0 Å². The minimum absolute atomic E-state index is 0.0193. The minimum atomic E-state index is -0.204. The third-order valence-electron chi connectivity index (χ3n) is 11.4. The van der Waals surface area contributed by atoms with Crippen molar-refractivity contribution in [2.75, 3.05) is 0 Å². The van der Waals surface area contributed by atoms with Crippen molar-refractivity contribution in [3.05, 3.63) is 47.5 Å². The Morgan fingerprint density at radius 2 is 1.22 bits per heavy atom. The molecule has 6 nitrogen and oxygen atoms in total. The Balaban J connectivity index is 1.12. The van der Waals surface area contributed by atoms with Crippen LogP contribution in [0.15, 0.2) is 36.4 Å². The summed E-state index contributed by atoms with van der Waals surface area (Å²) >= 11 is 0. The number of ether oxygens (including phenoxy) is 2. The average molecular weight is 631 g/mol. The molecule has 0 radical (unpaired) electrons. The Hall–Kier alpha value is -2.44. The molecule has 4 fully saturated rings. The fraction of sp³-hybridized carbons (Fsp3) is 0.700. The van der Waals surface area contributed by atoms with Crippen molar-refractivity contribution >= 4 is 22.7 Å². The summed E-state index contributed by atoms with van der Waals surface area (Å²) < 4.78 is 12.5. The number of hydrogen-bond acceptors (Lipinski definition) is 6. The fourth-order valence-corrected chi connectivity index (χ4v) is 10.2. The van der Waals surface area contributed by atoms with Gasteiger partial charge in [-0.25, -0.2) is 4.79 Å². The molecule has 2 saturated heterocycles. The lowest BCUT2D eigenvalue weighted by Crippen LogP contribution is -2.59. The topological polar surface area (TPSA) is 76.7 Å². The molecule has 6 rings (SSSR count). The first kappa shape index (κ1) is 33.5. The van der Waals surface area contributed by atoms with E-state index in [2.05, 4.69) is 96.4 Å². The number of fused-ring (bicyclic) bond motifs is 2. The molecule has 2 heterocycles. The third-order valence-corrected chi connectivity index (χ3v) is 11.4. The number of benzene rings is 2. The first-order chi connectivity index (χ1) is 21.5. The van der Waals surface area contributed by atoms with Gasteiger partial charge in [-0.05, 0) is 134 Å². The highest BCUT2D eigenvalue weighted by molar-refractivity contribution is 6.05. The highest BCUT2D eigenvalue weighted by atomic mass is 16.5. The van der Waals surface area contributed by atoms with Crippen molar-refractivity contribution in [1.29, 1.82) is 0 Å². The van der Waals surface area contributed by atoms with Gasteiger partial charge in [0, 0.05) is 47.8 Å². The lowest BCUT2D eigenvalue weighted by molar-refractivity contribution is -0.160. The van der Waals surface area contributed by atoms with Crippen LogP contribution < -0.4 is 10.6 Å². The van der Waals surface area contributed by atoms with Gasteiger partial charge in [-0.3, -0.25) is 4.79 Å². The maximum atomic E-state index is 13.8. The largest absolute Gasteiger partial charge is 0.462 e. The van der Waals surface area contributed by atoms with Crippen molar-refractivity contribution in [2.45, 2.75) is 160 Å². The van der Waals surface area contributed by atoms with Crippen LogP contribution in [0.3, 0.4) is 0 Å². The van der Waals surface area contributed by atoms with Gasteiger partial charge in [-0.1, -0.05) is 30.3 Å². The molecule has 0 amide bonds. The van der Waals surface area contributed by atoms with Crippen LogP contribution in [0.1, 0.15) is 141 Å². The lowest BCUT2D eigenvalue weighted by atomic mass is 9.63. The summed E-state index contributed by atoms with van der Waals surface area (Å²) in [5.41, 5.74) is 1.69. The molecule has 0 aromatic heterocycles. The van der Waals surface area contributed by atoms with Gasteiger partial charge >= 0.3 is 11.9 Å². The predicted octanol–water partition coefficient (Wildman–Crippen LogP) is 8.46. The first-order valence-electron chi connectivity index (χ1n) is 18.0. The van der Waals surface area contributed by atoms with Crippen molar-refractivity contribution in [2.24, 2.45) is 17.8 Å². The molecule has 4 atom stereocenters. The summed E-state index contributed by atoms with van der Waals surface area (Å²) in [5.74, 6) is 1.44. The normalized spacial score (nSPS) is 30.7. The van der Waals surface area contributed by atoms with Crippen LogP contribution in [0.5, 0.6) is 0 Å². The van der Waals surface area contributed by atoms with E-state index < -0.39 is 0 Å². The fourth-order valence-electron chi connectivity index (χ4n) is 10.2. The number of carbonyl (C=O) groups is 2. The van der Waals surface area contributed by atoms with Gasteiger partial charge < -0.3 is 20.1 Å². The molecule has 0 spiro atoms. The van der Waals surface area contributed by atoms with Gasteiger partial charge in [-0.2, -0.15) is 0 Å². The van der Waals surface area contributed by atoms with E-state index in [0.717, 1.165) is 75.0 Å². The molecule has 2 saturated carbocycles. The van der Waals surface area contributed by atoms with E-state index in [1.165, 1.54) is 5.56 Å². The van der Waals surface area contributed by atoms with Gasteiger partial charge in [0.2, 0.25) is 0 Å². The standard InChI is InChI=1S/C40H58N2O4/c1-37(2)21-31(22-38(3,4)41-37)45-35(43)29-16-15-25-17-27(14-13-26(25)18-29)30-19-28-11-9-10-12-33(28)34(20-30)36(44)46-32-23-39(5,6)42-40(7,8)24-32/h9-12,19-20,25-27,29,31-32,41-42H,13-18,21-24H2,1-8H3. The van der Waals surface area contributed by atoms with Crippen LogP contribution in [0.2, 0.25) is 0 Å². The molecule has 2 N–H and O–H groups in total. The second kappa shape index (κ2) is 12.2. The molecule has 4 unspecified atom stereocenters. The zero-order valence-electron chi connectivity index (χ0n) is 29.6. The Bertz CT molecular complexity index is 1430. The smallest absolute Gasteiger partial charge is 0.339 e. The van der Waals surface area contributed by atoms with E-state index in [4.69, 9.17) is 9.47 Å². The monoisotopic (exact) mass is 630 g/mol. The van der Waals surface area contributed by atoms with Crippen LogP contribution in [-0.2, 0) is 14.3 Å². The Kier molecular flexibility index (Phi) is 8.89. The summed E-state index contributed by atoms with van der Waals surface area (Å²) in [7, 11) is 0. The van der Waals surface area contributed by atoms with Crippen molar-refractivity contribution in [3.8, 4) is 0 Å². The Morgan fingerprint density at radius 3 is 1.85 bits per heavy atom. The van der Waals surface area contributed by atoms with E-state index in [-0.39, 0.29) is 52.2 Å². The Morgan fingerprint density at radius 1 is 0.674 bits per heavy atom. The van der Waals surface area contributed by atoms with Crippen molar-refractivity contribution in [1.82, 2.24) is 10.6 Å². The molecule has 2 aliphatic heterocycles. The maximum Gasteiger partial charge on any atom is 0.339 e. The molecule has 0 bridgehead atoms. The summed E-state index contributed by atoms with van der Waals surface area (Å²) in [6.07, 6.45) is 9.45.